The summed E-state index contributed by atoms with van der Waals surface area (Å²) in [5.74, 6) is -0.191. The first-order valence-corrected chi connectivity index (χ1v) is 6.84. The molecular weight excluding hydrogens is 276 g/mol. The monoisotopic (exact) mass is 294 g/mol. The molecule has 21 heavy (non-hydrogen) atoms. The molecular formula is C15H18O6. The number of carbonyl (C=O) groups excluding carboxylic acids is 2. The molecule has 2 unspecified atom stereocenters. The number of esters is 1. The van der Waals surface area contributed by atoms with Crippen molar-refractivity contribution in [3.8, 4) is 5.75 Å². The molecule has 0 spiro atoms. The standard InChI is InChI=1S/C15H18O6/c1-2-20-14(18)8-12(17)15(19)9-3-4-10-11(16)5-6-21-13(10)7-9/h3-4,7,12,15,17,19H,2,5-6,8H2,1H3. The predicted molar refractivity (Wildman–Crippen MR) is 73.1 cm³/mol. The van der Waals surface area contributed by atoms with Gasteiger partial charge in [-0.15, -0.1) is 0 Å². The minimum atomic E-state index is -1.28. The molecule has 2 rings (SSSR count). The normalized spacial score (nSPS) is 16.6. The summed E-state index contributed by atoms with van der Waals surface area (Å²) in [6, 6.07) is 4.63. The van der Waals surface area contributed by atoms with Gasteiger partial charge in [0.05, 0.1) is 31.3 Å². The maximum Gasteiger partial charge on any atom is 0.308 e. The van der Waals surface area contributed by atoms with Gasteiger partial charge in [0.2, 0.25) is 0 Å². The summed E-state index contributed by atoms with van der Waals surface area (Å²) in [6.45, 7) is 2.19. The van der Waals surface area contributed by atoms with Gasteiger partial charge in [0.25, 0.3) is 0 Å². The van der Waals surface area contributed by atoms with Gasteiger partial charge in [-0.25, -0.2) is 0 Å². The highest BCUT2D eigenvalue weighted by Gasteiger charge is 2.25. The quantitative estimate of drug-likeness (QED) is 0.787. The number of aliphatic hydroxyl groups excluding tert-OH is 2. The number of carbonyl (C=O) groups is 2. The van der Waals surface area contributed by atoms with Gasteiger partial charge >= 0.3 is 5.97 Å². The van der Waals surface area contributed by atoms with E-state index in [9.17, 15) is 19.8 Å². The van der Waals surface area contributed by atoms with E-state index in [0.717, 1.165) is 0 Å². The second-order valence-corrected chi connectivity index (χ2v) is 4.80. The highest BCUT2D eigenvalue weighted by molar-refractivity contribution is 5.99. The Kier molecular flexibility index (Phi) is 4.93. The van der Waals surface area contributed by atoms with Gasteiger partial charge in [0, 0.05) is 6.42 Å². The second-order valence-electron chi connectivity index (χ2n) is 4.80. The van der Waals surface area contributed by atoms with Crippen molar-refractivity contribution >= 4 is 11.8 Å². The molecule has 2 atom stereocenters. The Hall–Kier alpha value is -1.92. The fourth-order valence-electron chi connectivity index (χ4n) is 2.19. The zero-order valence-electron chi connectivity index (χ0n) is 11.7. The number of aliphatic hydroxyl groups is 2. The highest BCUT2D eigenvalue weighted by atomic mass is 16.5. The van der Waals surface area contributed by atoms with Crippen LogP contribution in [0.3, 0.4) is 0 Å². The molecule has 1 aromatic carbocycles. The first kappa shape index (κ1) is 15.5. The predicted octanol–water partition coefficient (Wildman–Crippen LogP) is 0.999. The van der Waals surface area contributed by atoms with Gasteiger partial charge in [-0.3, -0.25) is 9.59 Å². The van der Waals surface area contributed by atoms with E-state index >= 15 is 0 Å². The van der Waals surface area contributed by atoms with Crippen molar-refractivity contribution in [1.82, 2.24) is 0 Å². The van der Waals surface area contributed by atoms with Crippen molar-refractivity contribution in [1.29, 1.82) is 0 Å². The molecule has 1 aliphatic rings. The van der Waals surface area contributed by atoms with Crippen LogP contribution >= 0.6 is 0 Å². The Morgan fingerprint density at radius 2 is 2.19 bits per heavy atom. The minimum Gasteiger partial charge on any atom is -0.492 e. The van der Waals surface area contributed by atoms with Gasteiger partial charge < -0.3 is 19.7 Å². The zero-order chi connectivity index (χ0) is 15.4. The van der Waals surface area contributed by atoms with Crippen molar-refractivity contribution in [2.45, 2.75) is 32.0 Å². The van der Waals surface area contributed by atoms with Crippen LogP contribution < -0.4 is 4.74 Å². The SMILES string of the molecule is CCOC(=O)CC(O)C(O)c1ccc2c(c1)OCCC2=O. The van der Waals surface area contributed by atoms with Crippen molar-refractivity contribution < 1.29 is 29.3 Å². The third kappa shape index (κ3) is 3.59. The molecule has 1 aromatic rings. The first-order valence-electron chi connectivity index (χ1n) is 6.84. The maximum absolute atomic E-state index is 11.7. The van der Waals surface area contributed by atoms with Crippen LogP contribution in [0.5, 0.6) is 5.75 Å². The largest absolute Gasteiger partial charge is 0.492 e. The van der Waals surface area contributed by atoms with E-state index < -0.39 is 18.2 Å². The summed E-state index contributed by atoms with van der Waals surface area (Å²) in [4.78, 5) is 23.0. The summed E-state index contributed by atoms with van der Waals surface area (Å²) >= 11 is 0. The Morgan fingerprint density at radius 1 is 1.43 bits per heavy atom. The number of benzene rings is 1. The molecule has 0 aliphatic carbocycles. The van der Waals surface area contributed by atoms with Crippen molar-refractivity contribution in [3.63, 3.8) is 0 Å². The Bertz CT molecular complexity index is 539. The summed E-state index contributed by atoms with van der Waals surface area (Å²) in [5, 5.41) is 19.9. The summed E-state index contributed by atoms with van der Waals surface area (Å²) in [7, 11) is 0. The van der Waals surface area contributed by atoms with Crippen LogP contribution in [0.2, 0.25) is 0 Å². The number of ketones is 1. The number of hydrogen-bond donors (Lipinski definition) is 2. The van der Waals surface area contributed by atoms with Crippen LogP contribution in [0.1, 0.15) is 41.8 Å². The fraction of sp³-hybridized carbons (Fsp3) is 0.467. The van der Waals surface area contributed by atoms with E-state index in [1.54, 1.807) is 19.1 Å². The molecule has 6 heteroatoms. The molecule has 6 nitrogen and oxygen atoms in total. The zero-order valence-corrected chi connectivity index (χ0v) is 11.7. The first-order chi connectivity index (χ1) is 10.0. The number of fused-ring (bicyclic) bond motifs is 1. The number of ether oxygens (including phenoxy) is 2. The number of Topliss-reactive ketones (excluding diaryl/α,β-unsaturated/α-hetero) is 1. The van der Waals surface area contributed by atoms with E-state index in [1.807, 2.05) is 0 Å². The maximum atomic E-state index is 11.7. The molecule has 0 saturated carbocycles. The minimum absolute atomic E-state index is 0.00985. The van der Waals surface area contributed by atoms with E-state index in [2.05, 4.69) is 0 Å². The number of rotatable bonds is 5. The molecule has 1 heterocycles. The fourth-order valence-corrected chi connectivity index (χ4v) is 2.19. The van der Waals surface area contributed by atoms with Crippen LogP contribution in [0.4, 0.5) is 0 Å². The summed E-state index contributed by atoms with van der Waals surface area (Å²) in [6.07, 6.45) is -2.49. The molecule has 0 fully saturated rings. The van der Waals surface area contributed by atoms with Crippen molar-refractivity contribution in [2.75, 3.05) is 13.2 Å². The van der Waals surface area contributed by atoms with Crippen LogP contribution in [0.25, 0.3) is 0 Å². The smallest absolute Gasteiger partial charge is 0.308 e. The van der Waals surface area contributed by atoms with Gasteiger partial charge in [0.1, 0.15) is 11.9 Å². The topological polar surface area (TPSA) is 93.1 Å². The van der Waals surface area contributed by atoms with E-state index in [0.29, 0.717) is 29.9 Å². The van der Waals surface area contributed by atoms with Gasteiger partial charge in [0.15, 0.2) is 5.78 Å². The summed E-state index contributed by atoms with van der Waals surface area (Å²) in [5.41, 5.74) is 0.859. The lowest BCUT2D eigenvalue weighted by molar-refractivity contribution is -0.147. The summed E-state index contributed by atoms with van der Waals surface area (Å²) < 4.78 is 10.1. The lowest BCUT2D eigenvalue weighted by Gasteiger charge is -2.21. The van der Waals surface area contributed by atoms with Gasteiger partial charge in [-0.05, 0) is 24.6 Å². The molecule has 0 radical (unpaired) electrons. The molecule has 0 aromatic heterocycles. The van der Waals surface area contributed by atoms with Crippen LogP contribution in [0.15, 0.2) is 18.2 Å². The average molecular weight is 294 g/mol. The van der Waals surface area contributed by atoms with Crippen LogP contribution in [-0.4, -0.2) is 41.3 Å². The molecule has 114 valence electrons. The Labute approximate surface area is 122 Å². The third-order valence-corrected chi connectivity index (χ3v) is 3.28. The van der Waals surface area contributed by atoms with Crippen LogP contribution in [0, 0.1) is 0 Å². The molecule has 0 amide bonds. The lowest BCUT2D eigenvalue weighted by Crippen LogP contribution is -2.23. The number of hydrogen-bond acceptors (Lipinski definition) is 6. The van der Waals surface area contributed by atoms with Crippen molar-refractivity contribution in [2.24, 2.45) is 0 Å². The van der Waals surface area contributed by atoms with E-state index in [4.69, 9.17) is 9.47 Å². The van der Waals surface area contributed by atoms with E-state index in [-0.39, 0.29) is 18.8 Å². The van der Waals surface area contributed by atoms with Gasteiger partial charge in [-0.1, -0.05) is 6.07 Å². The Morgan fingerprint density at radius 3 is 2.90 bits per heavy atom. The third-order valence-electron chi connectivity index (χ3n) is 3.28. The second kappa shape index (κ2) is 6.69. The molecule has 2 N–H and O–H groups in total. The van der Waals surface area contributed by atoms with Crippen molar-refractivity contribution in [3.05, 3.63) is 29.3 Å². The Balaban J connectivity index is 2.10. The van der Waals surface area contributed by atoms with E-state index in [1.165, 1.54) is 6.07 Å². The van der Waals surface area contributed by atoms with Gasteiger partial charge in [-0.2, -0.15) is 0 Å². The molecule has 0 bridgehead atoms. The lowest BCUT2D eigenvalue weighted by atomic mass is 9.97. The highest BCUT2D eigenvalue weighted by Crippen LogP contribution is 2.29. The van der Waals surface area contributed by atoms with Crippen LogP contribution in [-0.2, 0) is 9.53 Å². The molecule has 0 saturated heterocycles. The average Bonchev–Trinajstić information content (AvgIpc) is 2.46. The molecule has 1 aliphatic heterocycles.